The molecule has 7 heteroatoms. The van der Waals surface area contributed by atoms with Crippen molar-refractivity contribution in [1.82, 2.24) is 9.97 Å². The van der Waals surface area contributed by atoms with Gasteiger partial charge in [-0.3, -0.25) is 4.79 Å². The van der Waals surface area contributed by atoms with Crippen molar-refractivity contribution in [2.45, 2.75) is 12.8 Å². The number of nitrogens with one attached hydrogen (secondary N) is 1. The smallest absolute Gasteiger partial charge is 0.227 e. The molecule has 3 aromatic rings. The van der Waals surface area contributed by atoms with E-state index in [0.29, 0.717) is 17.0 Å². The van der Waals surface area contributed by atoms with E-state index in [9.17, 15) is 9.18 Å². The summed E-state index contributed by atoms with van der Waals surface area (Å²) in [4.78, 5) is 23.4. The number of aromatic nitrogens is 2. The molecule has 0 aliphatic carbocycles. The van der Waals surface area contributed by atoms with E-state index < -0.39 is 0 Å². The van der Waals surface area contributed by atoms with Gasteiger partial charge in [-0.2, -0.15) is 0 Å². The minimum absolute atomic E-state index is 0.0195. The summed E-state index contributed by atoms with van der Waals surface area (Å²) in [5.41, 5.74) is 2.13. The van der Waals surface area contributed by atoms with Crippen molar-refractivity contribution in [1.29, 1.82) is 0 Å². The Hall–Kier alpha value is -3.48. The maximum Gasteiger partial charge on any atom is 0.227 e. The van der Waals surface area contributed by atoms with Crippen LogP contribution < -0.4 is 15.0 Å². The van der Waals surface area contributed by atoms with Gasteiger partial charge in [0.1, 0.15) is 23.7 Å². The Kier molecular flexibility index (Phi) is 5.88. The lowest BCUT2D eigenvalue weighted by molar-refractivity contribution is -0.120. The summed E-state index contributed by atoms with van der Waals surface area (Å²) in [6, 6.07) is 15.6. The minimum Gasteiger partial charge on any atom is -0.497 e. The zero-order valence-electron chi connectivity index (χ0n) is 16.7. The number of benzene rings is 2. The lowest BCUT2D eigenvalue weighted by Crippen LogP contribution is -2.38. The third-order valence-electron chi connectivity index (χ3n) is 5.30. The van der Waals surface area contributed by atoms with E-state index in [2.05, 4.69) is 20.2 Å². The van der Waals surface area contributed by atoms with E-state index in [0.717, 1.165) is 37.4 Å². The molecule has 0 spiro atoms. The van der Waals surface area contributed by atoms with Crippen LogP contribution in [0.3, 0.4) is 0 Å². The van der Waals surface area contributed by atoms with Gasteiger partial charge in [0.15, 0.2) is 0 Å². The monoisotopic (exact) mass is 406 g/mol. The fourth-order valence-corrected chi connectivity index (χ4v) is 3.64. The fourth-order valence-electron chi connectivity index (χ4n) is 3.64. The van der Waals surface area contributed by atoms with Crippen LogP contribution in [0.1, 0.15) is 12.8 Å². The van der Waals surface area contributed by atoms with Crippen LogP contribution in [0.25, 0.3) is 11.3 Å². The lowest BCUT2D eigenvalue weighted by Gasteiger charge is -2.32. The second-order valence-electron chi connectivity index (χ2n) is 7.25. The van der Waals surface area contributed by atoms with Gasteiger partial charge < -0.3 is 15.0 Å². The summed E-state index contributed by atoms with van der Waals surface area (Å²) in [6.45, 7) is 1.44. The molecular weight excluding hydrogens is 383 g/mol. The normalized spacial score (nSPS) is 14.4. The predicted octanol–water partition coefficient (Wildman–Crippen LogP) is 4.15. The van der Waals surface area contributed by atoms with Gasteiger partial charge in [0.2, 0.25) is 5.91 Å². The number of nitrogens with zero attached hydrogens (tertiary/aromatic N) is 3. The fraction of sp³-hybridized carbons (Fsp3) is 0.261. The molecule has 1 aliphatic heterocycles. The molecule has 0 unspecified atom stereocenters. The van der Waals surface area contributed by atoms with Gasteiger partial charge in [-0.05, 0) is 37.1 Å². The summed E-state index contributed by atoms with van der Waals surface area (Å²) in [5.74, 6) is 1.16. The third-order valence-corrected chi connectivity index (χ3v) is 5.30. The quantitative estimate of drug-likeness (QED) is 0.690. The van der Waals surface area contributed by atoms with Gasteiger partial charge >= 0.3 is 0 Å². The number of hydrogen-bond acceptors (Lipinski definition) is 5. The zero-order valence-corrected chi connectivity index (χ0v) is 16.7. The van der Waals surface area contributed by atoms with Gasteiger partial charge in [0, 0.05) is 42.4 Å². The van der Waals surface area contributed by atoms with Crippen molar-refractivity contribution in [3.05, 3.63) is 66.7 Å². The van der Waals surface area contributed by atoms with E-state index in [1.54, 1.807) is 13.2 Å². The van der Waals surface area contributed by atoms with Gasteiger partial charge in [-0.25, -0.2) is 14.4 Å². The number of amides is 1. The second kappa shape index (κ2) is 8.90. The molecule has 6 nitrogen and oxygen atoms in total. The Balaban J connectivity index is 1.38. The Bertz CT molecular complexity index is 1030. The number of ether oxygens (including phenoxy) is 1. The molecule has 1 fully saturated rings. The SMILES string of the molecule is COc1cccc(NC(=O)C2CCN(c3cc(-c4cccc(F)c4)ncn3)CC2)c1. The Morgan fingerprint density at radius 2 is 1.90 bits per heavy atom. The first-order chi connectivity index (χ1) is 14.6. The Morgan fingerprint density at radius 1 is 1.10 bits per heavy atom. The molecule has 4 rings (SSSR count). The van der Waals surface area contributed by atoms with E-state index in [1.165, 1.54) is 18.5 Å². The summed E-state index contributed by atoms with van der Waals surface area (Å²) >= 11 is 0. The summed E-state index contributed by atoms with van der Waals surface area (Å²) in [5, 5.41) is 2.98. The van der Waals surface area contributed by atoms with E-state index in [1.807, 2.05) is 36.4 Å². The molecule has 0 saturated carbocycles. The number of piperidine rings is 1. The highest BCUT2D eigenvalue weighted by atomic mass is 19.1. The largest absolute Gasteiger partial charge is 0.497 e. The number of rotatable bonds is 5. The van der Waals surface area contributed by atoms with Crippen LogP contribution in [0.15, 0.2) is 60.9 Å². The maximum absolute atomic E-state index is 13.5. The lowest BCUT2D eigenvalue weighted by atomic mass is 9.95. The molecule has 0 bridgehead atoms. The molecule has 0 radical (unpaired) electrons. The second-order valence-corrected chi connectivity index (χ2v) is 7.25. The summed E-state index contributed by atoms with van der Waals surface area (Å²) in [7, 11) is 1.60. The molecule has 2 aromatic carbocycles. The Labute approximate surface area is 174 Å². The van der Waals surface area contributed by atoms with Crippen molar-refractivity contribution in [3.63, 3.8) is 0 Å². The molecule has 1 saturated heterocycles. The first-order valence-corrected chi connectivity index (χ1v) is 9.90. The number of carbonyl (C=O) groups is 1. The van der Waals surface area contributed by atoms with Crippen LogP contribution in [-0.2, 0) is 4.79 Å². The van der Waals surface area contributed by atoms with Crippen LogP contribution in [0, 0.1) is 11.7 Å². The van der Waals surface area contributed by atoms with Crippen molar-refractivity contribution < 1.29 is 13.9 Å². The van der Waals surface area contributed by atoms with Crippen LogP contribution in [0.5, 0.6) is 5.75 Å². The van der Waals surface area contributed by atoms with Crippen LogP contribution in [-0.4, -0.2) is 36.1 Å². The van der Waals surface area contributed by atoms with Gasteiger partial charge in [0.05, 0.1) is 12.8 Å². The van der Waals surface area contributed by atoms with Crippen molar-refractivity contribution in [2.24, 2.45) is 5.92 Å². The van der Waals surface area contributed by atoms with E-state index >= 15 is 0 Å². The van der Waals surface area contributed by atoms with Crippen LogP contribution in [0.4, 0.5) is 15.9 Å². The van der Waals surface area contributed by atoms with Gasteiger partial charge in [-0.15, -0.1) is 0 Å². The average Bonchev–Trinajstić information content (AvgIpc) is 2.79. The molecule has 1 aliphatic rings. The number of carbonyl (C=O) groups excluding carboxylic acids is 1. The van der Waals surface area contributed by atoms with E-state index in [4.69, 9.17) is 4.74 Å². The number of methoxy groups -OCH3 is 1. The molecule has 154 valence electrons. The predicted molar refractivity (Wildman–Crippen MR) is 114 cm³/mol. The van der Waals surface area contributed by atoms with Gasteiger partial charge in [-0.1, -0.05) is 18.2 Å². The van der Waals surface area contributed by atoms with Crippen molar-refractivity contribution >= 4 is 17.4 Å². The molecule has 1 amide bonds. The maximum atomic E-state index is 13.5. The topological polar surface area (TPSA) is 67.3 Å². The molecule has 1 aromatic heterocycles. The molecular formula is C23H23FN4O2. The summed E-state index contributed by atoms with van der Waals surface area (Å²) in [6.07, 6.45) is 2.96. The molecule has 30 heavy (non-hydrogen) atoms. The Morgan fingerprint density at radius 3 is 2.67 bits per heavy atom. The highest BCUT2D eigenvalue weighted by Gasteiger charge is 2.26. The highest BCUT2D eigenvalue weighted by molar-refractivity contribution is 5.92. The van der Waals surface area contributed by atoms with Gasteiger partial charge in [0.25, 0.3) is 0 Å². The zero-order chi connectivity index (χ0) is 20.9. The van der Waals surface area contributed by atoms with Crippen molar-refractivity contribution in [2.75, 3.05) is 30.4 Å². The van der Waals surface area contributed by atoms with E-state index in [-0.39, 0.29) is 17.6 Å². The highest BCUT2D eigenvalue weighted by Crippen LogP contribution is 2.26. The van der Waals surface area contributed by atoms with Crippen molar-refractivity contribution in [3.8, 4) is 17.0 Å². The number of anilines is 2. The third kappa shape index (κ3) is 4.56. The molecule has 0 atom stereocenters. The summed E-state index contributed by atoms with van der Waals surface area (Å²) < 4.78 is 18.7. The molecule has 2 heterocycles. The van der Waals surface area contributed by atoms with Crippen LogP contribution in [0.2, 0.25) is 0 Å². The first kappa shape index (κ1) is 19.8. The molecule has 1 N–H and O–H groups in total. The standard InChI is InChI=1S/C23H23FN4O2/c1-30-20-7-3-6-19(13-20)27-23(29)16-8-10-28(11-9-16)22-14-21(25-15-26-22)17-4-2-5-18(24)12-17/h2-7,12-16H,8-11H2,1H3,(H,27,29). The first-order valence-electron chi connectivity index (χ1n) is 9.90. The minimum atomic E-state index is -0.296. The van der Waals surface area contributed by atoms with Crippen LogP contribution >= 0.6 is 0 Å². The average molecular weight is 406 g/mol. The number of hydrogen-bond donors (Lipinski definition) is 1. The number of halogens is 1.